The summed E-state index contributed by atoms with van der Waals surface area (Å²) >= 11 is 0. The van der Waals surface area contributed by atoms with Gasteiger partial charge in [-0.05, 0) is 17.7 Å². The van der Waals surface area contributed by atoms with Crippen molar-refractivity contribution in [2.75, 3.05) is 6.61 Å². The molecule has 0 bridgehead atoms. The first-order valence-corrected chi connectivity index (χ1v) is 5.39. The van der Waals surface area contributed by atoms with Crippen molar-refractivity contribution in [2.45, 2.75) is 25.3 Å². The van der Waals surface area contributed by atoms with E-state index in [1.807, 2.05) is 24.3 Å². The Bertz CT molecular complexity index is 343. The van der Waals surface area contributed by atoms with Gasteiger partial charge in [0.05, 0.1) is 6.61 Å². The number of hydrogen-bond acceptors (Lipinski definition) is 2. The Morgan fingerprint density at radius 2 is 1.88 bits per heavy atom. The molecule has 1 aromatic carbocycles. The number of hydrogen-bond donors (Lipinski definition) is 1. The standard InChI is InChI=1S/C12H15F2NO/c13-12(14)5-10(6-12)8-16-11-3-1-9(7-15)2-4-11/h1-4,10H,5-8,15H2. The van der Waals surface area contributed by atoms with E-state index in [9.17, 15) is 8.78 Å². The fourth-order valence-corrected chi connectivity index (χ4v) is 1.84. The van der Waals surface area contributed by atoms with Gasteiger partial charge in [-0.2, -0.15) is 0 Å². The minimum absolute atomic E-state index is 0.0100. The van der Waals surface area contributed by atoms with E-state index in [2.05, 4.69) is 0 Å². The second-order valence-corrected chi connectivity index (χ2v) is 4.29. The molecule has 1 fully saturated rings. The summed E-state index contributed by atoms with van der Waals surface area (Å²) in [6, 6.07) is 7.40. The predicted octanol–water partition coefficient (Wildman–Crippen LogP) is 2.57. The SMILES string of the molecule is NCc1ccc(OCC2CC(F)(F)C2)cc1. The maximum absolute atomic E-state index is 12.5. The molecule has 1 aromatic rings. The Morgan fingerprint density at radius 3 is 2.38 bits per heavy atom. The molecule has 2 nitrogen and oxygen atoms in total. The summed E-state index contributed by atoms with van der Waals surface area (Å²) in [5, 5.41) is 0. The first-order chi connectivity index (χ1) is 7.59. The highest BCUT2D eigenvalue weighted by atomic mass is 19.3. The van der Waals surface area contributed by atoms with Crippen molar-refractivity contribution < 1.29 is 13.5 Å². The van der Waals surface area contributed by atoms with E-state index in [0.29, 0.717) is 18.9 Å². The lowest BCUT2D eigenvalue weighted by molar-refractivity contribution is -0.119. The van der Waals surface area contributed by atoms with Crippen LogP contribution in [0.15, 0.2) is 24.3 Å². The number of nitrogens with two attached hydrogens (primary N) is 1. The van der Waals surface area contributed by atoms with Gasteiger partial charge in [-0.15, -0.1) is 0 Å². The van der Waals surface area contributed by atoms with E-state index in [0.717, 1.165) is 5.56 Å². The summed E-state index contributed by atoms with van der Waals surface area (Å²) in [6.07, 6.45) is -0.0955. The third-order valence-corrected chi connectivity index (χ3v) is 2.82. The molecule has 1 aliphatic rings. The Hall–Kier alpha value is -1.16. The Balaban J connectivity index is 1.77. The lowest BCUT2D eigenvalue weighted by atomic mass is 9.82. The highest BCUT2D eigenvalue weighted by molar-refractivity contribution is 5.27. The van der Waals surface area contributed by atoms with E-state index in [1.54, 1.807) is 0 Å². The summed E-state index contributed by atoms with van der Waals surface area (Å²) in [4.78, 5) is 0. The highest BCUT2D eigenvalue weighted by Gasteiger charge is 2.45. The maximum atomic E-state index is 12.5. The lowest BCUT2D eigenvalue weighted by Gasteiger charge is -2.34. The van der Waals surface area contributed by atoms with Crippen molar-refractivity contribution in [3.05, 3.63) is 29.8 Å². The smallest absolute Gasteiger partial charge is 0.248 e. The van der Waals surface area contributed by atoms with Crippen molar-refractivity contribution in [3.63, 3.8) is 0 Å². The van der Waals surface area contributed by atoms with Crippen LogP contribution in [-0.4, -0.2) is 12.5 Å². The van der Waals surface area contributed by atoms with E-state index >= 15 is 0 Å². The zero-order chi connectivity index (χ0) is 11.6. The van der Waals surface area contributed by atoms with Crippen LogP contribution in [0.2, 0.25) is 0 Å². The molecule has 16 heavy (non-hydrogen) atoms. The fraction of sp³-hybridized carbons (Fsp3) is 0.500. The van der Waals surface area contributed by atoms with Gasteiger partial charge in [-0.1, -0.05) is 12.1 Å². The molecule has 0 amide bonds. The molecule has 1 saturated carbocycles. The summed E-state index contributed by atoms with van der Waals surface area (Å²) in [5.41, 5.74) is 6.49. The Labute approximate surface area is 93.4 Å². The molecule has 0 heterocycles. The monoisotopic (exact) mass is 227 g/mol. The summed E-state index contributed by atoms with van der Waals surface area (Å²) < 4.78 is 30.5. The van der Waals surface area contributed by atoms with Crippen LogP contribution in [0.3, 0.4) is 0 Å². The molecule has 0 saturated heterocycles. The number of benzene rings is 1. The van der Waals surface area contributed by atoms with Crippen LogP contribution in [0.4, 0.5) is 8.78 Å². The summed E-state index contributed by atoms with van der Waals surface area (Å²) in [7, 11) is 0. The van der Waals surface area contributed by atoms with Crippen molar-refractivity contribution >= 4 is 0 Å². The van der Waals surface area contributed by atoms with Gasteiger partial charge in [-0.25, -0.2) is 8.78 Å². The maximum Gasteiger partial charge on any atom is 0.248 e. The first-order valence-electron chi connectivity index (χ1n) is 5.39. The van der Waals surface area contributed by atoms with E-state index < -0.39 is 5.92 Å². The van der Waals surface area contributed by atoms with Gasteiger partial charge in [0.25, 0.3) is 0 Å². The van der Waals surface area contributed by atoms with E-state index in [1.165, 1.54) is 0 Å². The molecule has 0 radical (unpaired) electrons. The fourth-order valence-electron chi connectivity index (χ4n) is 1.84. The molecule has 2 N–H and O–H groups in total. The van der Waals surface area contributed by atoms with Crippen molar-refractivity contribution in [2.24, 2.45) is 11.7 Å². The average Bonchev–Trinajstić information content (AvgIpc) is 2.24. The van der Waals surface area contributed by atoms with Crippen molar-refractivity contribution in [1.82, 2.24) is 0 Å². The molecule has 0 aromatic heterocycles. The molecule has 88 valence electrons. The molecule has 0 aliphatic heterocycles. The summed E-state index contributed by atoms with van der Waals surface area (Å²) in [6.45, 7) is 0.868. The van der Waals surface area contributed by atoms with Crippen LogP contribution >= 0.6 is 0 Å². The normalized spacial score (nSPS) is 19.2. The van der Waals surface area contributed by atoms with Crippen LogP contribution in [0.25, 0.3) is 0 Å². The van der Waals surface area contributed by atoms with Gasteiger partial charge < -0.3 is 10.5 Å². The Kier molecular flexibility index (Phi) is 3.10. The van der Waals surface area contributed by atoms with Crippen LogP contribution in [-0.2, 0) is 6.54 Å². The van der Waals surface area contributed by atoms with Crippen molar-refractivity contribution in [1.29, 1.82) is 0 Å². The minimum Gasteiger partial charge on any atom is -0.493 e. The zero-order valence-electron chi connectivity index (χ0n) is 8.96. The third kappa shape index (κ3) is 2.70. The van der Waals surface area contributed by atoms with Crippen LogP contribution < -0.4 is 10.5 Å². The molecule has 0 unspecified atom stereocenters. The highest BCUT2D eigenvalue weighted by Crippen LogP contribution is 2.42. The molecular formula is C12H15F2NO. The van der Waals surface area contributed by atoms with Gasteiger partial charge in [0, 0.05) is 25.3 Å². The van der Waals surface area contributed by atoms with Crippen molar-refractivity contribution in [3.8, 4) is 5.75 Å². The average molecular weight is 227 g/mol. The molecule has 2 rings (SSSR count). The van der Waals surface area contributed by atoms with Crippen LogP contribution in [0.1, 0.15) is 18.4 Å². The topological polar surface area (TPSA) is 35.2 Å². The quantitative estimate of drug-likeness (QED) is 0.858. The van der Waals surface area contributed by atoms with E-state index in [-0.39, 0.29) is 18.8 Å². The zero-order valence-corrected chi connectivity index (χ0v) is 8.96. The van der Waals surface area contributed by atoms with Gasteiger partial charge >= 0.3 is 0 Å². The molecular weight excluding hydrogens is 212 g/mol. The molecule has 1 aliphatic carbocycles. The minimum atomic E-state index is -2.46. The second-order valence-electron chi connectivity index (χ2n) is 4.29. The first kappa shape index (κ1) is 11.3. The molecule has 4 heteroatoms. The van der Waals surface area contributed by atoms with Gasteiger partial charge in [-0.3, -0.25) is 0 Å². The number of alkyl halides is 2. The summed E-state index contributed by atoms with van der Waals surface area (Å²) in [5.74, 6) is -1.76. The third-order valence-electron chi connectivity index (χ3n) is 2.82. The van der Waals surface area contributed by atoms with Gasteiger partial charge in [0.2, 0.25) is 5.92 Å². The second kappa shape index (κ2) is 4.37. The van der Waals surface area contributed by atoms with Crippen LogP contribution in [0, 0.1) is 5.92 Å². The number of ether oxygens (including phenoxy) is 1. The Morgan fingerprint density at radius 1 is 1.25 bits per heavy atom. The molecule has 0 spiro atoms. The van der Waals surface area contributed by atoms with Gasteiger partial charge in [0.1, 0.15) is 5.75 Å². The number of halogens is 2. The predicted molar refractivity (Wildman–Crippen MR) is 57.5 cm³/mol. The van der Waals surface area contributed by atoms with Crippen LogP contribution in [0.5, 0.6) is 5.75 Å². The van der Waals surface area contributed by atoms with E-state index in [4.69, 9.17) is 10.5 Å². The number of rotatable bonds is 4. The molecule has 0 atom stereocenters. The lowest BCUT2D eigenvalue weighted by Crippen LogP contribution is -2.38. The largest absolute Gasteiger partial charge is 0.493 e. The van der Waals surface area contributed by atoms with Gasteiger partial charge in [0.15, 0.2) is 0 Å².